The predicted octanol–water partition coefficient (Wildman–Crippen LogP) is 3.24. The van der Waals surface area contributed by atoms with Crippen LogP contribution in [0.5, 0.6) is 0 Å². The topological polar surface area (TPSA) is 20.3 Å². The van der Waals surface area contributed by atoms with E-state index in [4.69, 9.17) is 11.6 Å². The van der Waals surface area contributed by atoms with Crippen molar-refractivity contribution in [2.45, 2.75) is 13.3 Å². The minimum Gasteiger partial charge on any atom is -0.374 e. The number of nitrogens with zero attached hydrogens (tertiary/aromatic N) is 1. The third kappa shape index (κ3) is 2.38. The Kier molecular flexibility index (Phi) is 3.20. The average molecular weight is 238 g/mol. The Bertz CT molecular complexity index is 405. The first kappa shape index (κ1) is 11.5. The van der Waals surface area contributed by atoms with Gasteiger partial charge in [0.1, 0.15) is 0 Å². The molecule has 1 aromatic rings. The van der Waals surface area contributed by atoms with Gasteiger partial charge in [-0.15, -0.1) is 0 Å². The van der Waals surface area contributed by atoms with Crippen LogP contribution in [0.4, 0.5) is 5.69 Å². The van der Waals surface area contributed by atoms with Crippen LogP contribution in [0.1, 0.15) is 23.7 Å². The molecule has 1 aliphatic rings. The molecule has 1 aromatic carbocycles. The summed E-state index contributed by atoms with van der Waals surface area (Å²) in [4.78, 5) is 13.1. The first-order chi connectivity index (χ1) is 7.61. The lowest BCUT2D eigenvalue weighted by Crippen LogP contribution is -2.21. The second-order valence-electron chi connectivity index (χ2n) is 4.67. The standard InChI is InChI=1S/C13H16ClNO/c1-9-5-11(9)7-15(2)13-6-12(14)4-3-10(13)8-16/h3-4,6,8-9,11H,5,7H2,1-2H3. The lowest BCUT2D eigenvalue weighted by Gasteiger charge is -2.21. The zero-order valence-corrected chi connectivity index (χ0v) is 10.4. The minimum atomic E-state index is 0.677. The van der Waals surface area contributed by atoms with Gasteiger partial charge < -0.3 is 4.90 Å². The molecule has 1 saturated carbocycles. The molecule has 2 unspecified atom stereocenters. The summed E-state index contributed by atoms with van der Waals surface area (Å²) in [6.45, 7) is 3.26. The highest BCUT2D eigenvalue weighted by Gasteiger charge is 2.33. The van der Waals surface area contributed by atoms with Gasteiger partial charge in [-0.3, -0.25) is 4.79 Å². The molecule has 2 atom stereocenters. The van der Waals surface area contributed by atoms with Crippen LogP contribution >= 0.6 is 11.6 Å². The SMILES string of the molecule is CC1CC1CN(C)c1cc(Cl)ccc1C=O. The highest BCUT2D eigenvalue weighted by atomic mass is 35.5. The fourth-order valence-corrected chi connectivity index (χ4v) is 2.22. The number of carbonyl (C=O) groups excluding carboxylic acids is 1. The van der Waals surface area contributed by atoms with Gasteiger partial charge in [0, 0.05) is 29.9 Å². The van der Waals surface area contributed by atoms with E-state index in [0.717, 1.165) is 30.4 Å². The van der Waals surface area contributed by atoms with E-state index >= 15 is 0 Å². The predicted molar refractivity (Wildman–Crippen MR) is 67.4 cm³/mol. The van der Waals surface area contributed by atoms with Gasteiger partial charge in [-0.05, 0) is 36.5 Å². The van der Waals surface area contributed by atoms with Gasteiger partial charge in [-0.1, -0.05) is 18.5 Å². The summed E-state index contributed by atoms with van der Waals surface area (Å²) in [6, 6.07) is 5.39. The number of anilines is 1. The van der Waals surface area contributed by atoms with Gasteiger partial charge in [0.2, 0.25) is 0 Å². The van der Waals surface area contributed by atoms with Crippen LogP contribution in [0.2, 0.25) is 5.02 Å². The molecule has 0 heterocycles. The van der Waals surface area contributed by atoms with E-state index < -0.39 is 0 Å². The Hall–Kier alpha value is -1.02. The van der Waals surface area contributed by atoms with Crippen LogP contribution in [0.25, 0.3) is 0 Å². The highest BCUT2D eigenvalue weighted by Crippen LogP contribution is 2.39. The molecule has 0 spiro atoms. The summed E-state index contributed by atoms with van der Waals surface area (Å²) in [7, 11) is 2.02. The quantitative estimate of drug-likeness (QED) is 0.750. The molecule has 2 nitrogen and oxygen atoms in total. The van der Waals surface area contributed by atoms with Gasteiger partial charge in [-0.2, -0.15) is 0 Å². The van der Waals surface area contributed by atoms with Crippen LogP contribution in [-0.2, 0) is 0 Å². The Balaban J connectivity index is 2.17. The van der Waals surface area contributed by atoms with E-state index in [1.807, 2.05) is 13.1 Å². The Morgan fingerprint density at radius 2 is 2.25 bits per heavy atom. The van der Waals surface area contributed by atoms with E-state index in [-0.39, 0.29) is 0 Å². The highest BCUT2D eigenvalue weighted by molar-refractivity contribution is 6.31. The second kappa shape index (κ2) is 4.46. The van der Waals surface area contributed by atoms with Crippen molar-refractivity contribution in [3.63, 3.8) is 0 Å². The van der Waals surface area contributed by atoms with E-state index in [1.165, 1.54) is 6.42 Å². The molecule has 0 saturated heterocycles. The van der Waals surface area contributed by atoms with Crippen molar-refractivity contribution in [1.82, 2.24) is 0 Å². The summed E-state index contributed by atoms with van der Waals surface area (Å²) in [5, 5.41) is 0.677. The molecule has 0 amide bonds. The monoisotopic (exact) mass is 237 g/mol. The molecular formula is C13H16ClNO. The lowest BCUT2D eigenvalue weighted by molar-refractivity contribution is 0.112. The maximum absolute atomic E-state index is 10.9. The molecule has 86 valence electrons. The van der Waals surface area contributed by atoms with Crippen molar-refractivity contribution in [1.29, 1.82) is 0 Å². The smallest absolute Gasteiger partial charge is 0.152 e. The van der Waals surface area contributed by atoms with Gasteiger partial charge in [-0.25, -0.2) is 0 Å². The van der Waals surface area contributed by atoms with Gasteiger partial charge in [0.25, 0.3) is 0 Å². The van der Waals surface area contributed by atoms with Gasteiger partial charge >= 0.3 is 0 Å². The van der Waals surface area contributed by atoms with E-state index in [9.17, 15) is 4.79 Å². The molecule has 2 rings (SSSR count). The van der Waals surface area contributed by atoms with E-state index in [0.29, 0.717) is 10.6 Å². The molecule has 0 N–H and O–H groups in total. The van der Waals surface area contributed by atoms with E-state index in [1.54, 1.807) is 12.1 Å². The number of hydrogen-bond acceptors (Lipinski definition) is 2. The second-order valence-corrected chi connectivity index (χ2v) is 5.11. The number of rotatable bonds is 4. The first-order valence-corrected chi connectivity index (χ1v) is 5.95. The van der Waals surface area contributed by atoms with Crippen LogP contribution in [0.15, 0.2) is 18.2 Å². The van der Waals surface area contributed by atoms with E-state index in [2.05, 4.69) is 11.8 Å². The Labute approximate surface area is 101 Å². The van der Waals surface area contributed by atoms with Crippen molar-refractivity contribution in [3.8, 4) is 0 Å². The average Bonchev–Trinajstić information content (AvgIpc) is 2.94. The maximum Gasteiger partial charge on any atom is 0.152 e. The molecule has 16 heavy (non-hydrogen) atoms. The normalized spacial score (nSPS) is 22.9. The summed E-state index contributed by atoms with van der Waals surface area (Å²) >= 11 is 5.96. The molecule has 0 radical (unpaired) electrons. The van der Waals surface area contributed by atoms with Crippen LogP contribution in [0, 0.1) is 11.8 Å². The zero-order valence-electron chi connectivity index (χ0n) is 9.61. The van der Waals surface area contributed by atoms with Crippen molar-refractivity contribution in [2.24, 2.45) is 11.8 Å². The number of benzene rings is 1. The molecular weight excluding hydrogens is 222 g/mol. The Morgan fingerprint density at radius 3 is 2.81 bits per heavy atom. The van der Waals surface area contributed by atoms with Crippen LogP contribution in [0.3, 0.4) is 0 Å². The fraction of sp³-hybridized carbons (Fsp3) is 0.462. The molecule has 0 aromatic heterocycles. The summed E-state index contributed by atoms with van der Waals surface area (Å²) < 4.78 is 0. The van der Waals surface area contributed by atoms with Crippen molar-refractivity contribution >= 4 is 23.6 Å². The number of carbonyl (C=O) groups is 1. The largest absolute Gasteiger partial charge is 0.374 e. The third-order valence-electron chi connectivity index (χ3n) is 3.32. The summed E-state index contributed by atoms with van der Waals surface area (Å²) in [6.07, 6.45) is 2.18. The molecule has 1 aliphatic carbocycles. The van der Waals surface area contributed by atoms with Crippen molar-refractivity contribution < 1.29 is 4.79 Å². The van der Waals surface area contributed by atoms with Gasteiger partial charge in [0.15, 0.2) is 6.29 Å². The number of hydrogen-bond donors (Lipinski definition) is 0. The summed E-state index contributed by atoms with van der Waals surface area (Å²) in [5.41, 5.74) is 1.64. The molecule has 0 aliphatic heterocycles. The Morgan fingerprint density at radius 1 is 1.56 bits per heavy atom. The third-order valence-corrected chi connectivity index (χ3v) is 3.55. The lowest BCUT2D eigenvalue weighted by atomic mass is 10.1. The zero-order chi connectivity index (χ0) is 11.7. The fourth-order valence-electron chi connectivity index (χ4n) is 2.05. The van der Waals surface area contributed by atoms with Gasteiger partial charge in [0.05, 0.1) is 0 Å². The summed E-state index contributed by atoms with van der Waals surface area (Å²) in [5.74, 6) is 1.59. The first-order valence-electron chi connectivity index (χ1n) is 5.57. The van der Waals surface area contributed by atoms with Crippen molar-refractivity contribution in [2.75, 3.05) is 18.5 Å². The molecule has 0 bridgehead atoms. The van der Waals surface area contributed by atoms with Crippen LogP contribution < -0.4 is 4.90 Å². The minimum absolute atomic E-state index is 0.677. The number of halogens is 1. The van der Waals surface area contributed by atoms with Crippen molar-refractivity contribution in [3.05, 3.63) is 28.8 Å². The number of aldehydes is 1. The molecule has 3 heteroatoms. The molecule has 1 fully saturated rings. The van der Waals surface area contributed by atoms with Crippen LogP contribution in [-0.4, -0.2) is 19.9 Å². The maximum atomic E-state index is 10.9.